The molecule has 6 nitrogen and oxygen atoms in total. The van der Waals surface area contributed by atoms with Crippen molar-refractivity contribution < 1.29 is 24.2 Å². The van der Waals surface area contributed by atoms with Crippen molar-refractivity contribution in [2.24, 2.45) is 0 Å². The largest absolute Gasteiger partial charge is 0.493 e. The Morgan fingerprint density at radius 1 is 1.27 bits per heavy atom. The molecule has 2 atom stereocenters. The first-order chi connectivity index (χ1) is 10.6. The summed E-state index contributed by atoms with van der Waals surface area (Å²) in [6.07, 6.45) is 0.149. The molecule has 1 aromatic carbocycles. The van der Waals surface area contributed by atoms with E-state index in [0.717, 1.165) is 11.3 Å². The zero-order chi connectivity index (χ0) is 15.5. The molecule has 1 amide bonds. The zero-order valence-corrected chi connectivity index (χ0v) is 12.2. The van der Waals surface area contributed by atoms with Crippen LogP contribution >= 0.6 is 0 Å². The van der Waals surface area contributed by atoms with Gasteiger partial charge < -0.3 is 19.5 Å². The number of carboxylic acids is 1. The van der Waals surface area contributed by atoms with E-state index in [1.54, 1.807) is 4.90 Å². The Bertz CT molecular complexity index is 573. The molecule has 0 aromatic heterocycles. The molecule has 22 heavy (non-hydrogen) atoms. The highest BCUT2D eigenvalue weighted by Gasteiger charge is 2.33. The van der Waals surface area contributed by atoms with E-state index in [1.807, 2.05) is 24.3 Å². The average Bonchev–Trinajstić information content (AvgIpc) is 2.53. The predicted molar refractivity (Wildman–Crippen MR) is 77.9 cm³/mol. The van der Waals surface area contributed by atoms with E-state index in [1.165, 1.54) is 0 Å². The number of morpholine rings is 1. The van der Waals surface area contributed by atoms with E-state index in [-0.39, 0.29) is 18.2 Å². The van der Waals surface area contributed by atoms with Crippen molar-refractivity contribution in [3.63, 3.8) is 0 Å². The second-order valence-electron chi connectivity index (χ2n) is 5.60. The number of hydrogen-bond donors (Lipinski definition) is 1. The SMILES string of the molecule is O=C(O)C[C@@H]1CN(C(=O)[C@H]2CCOc3ccccc32)CCO1. The highest BCUT2D eigenvalue weighted by Crippen LogP contribution is 2.34. The van der Waals surface area contributed by atoms with Crippen LogP contribution in [0.3, 0.4) is 0 Å². The zero-order valence-electron chi connectivity index (χ0n) is 12.2. The highest BCUT2D eigenvalue weighted by molar-refractivity contribution is 5.85. The molecule has 0 aliphatic carbocycles. The van der Waals surface area contributed by atoms with Gasteiger partial charge in [0.05, 0.1) is 31.7 Å². The van der Waals surface area contributed by atoms with Crippen molar-refractivity contribution in [1.82, 2.24) is 4.90 Å². The molecule has 1 aromatic rings. The van der Waals surface area contributed by atoms with Crippen LogP contribution in [0.15, 0.2) is 24.3 Å². The van der Waals surface area contributed by atoms with E-state index < -0.39 is 12.1 Å². The van der Waals surface area contributed by atoms with Crippen molar-refractivity contribution >= 4 is 11.9 Å². The molecule has 1 N–H and O–H groups in total. The van der Waals surface area contributed by atoms with Crippen LogP contribution in [-0.4, -0.2) is 54.3 Å². The number of ether oxygens (including phenoxy) is 2. The van der Waals surface area contributed by atoms with Crippen LogP contribution in [0.1, 0.15) is 24.3 Å². The van der Waals surface area contributed by atoms with Gasteiger partial charge in [0.1, 0.15) is 5.75 Å². The lowest BCUT2D eigenvalue weighted by Crippen LogP contribution is -2.48. The Morgan fingerprint density at radius 3 is 2.91 bits per heavy atom. The first kappa shape index (κ1) is 14.8. The summed E-state index contributed by atoms with van der Waals surface area (Å²) in [5, 5.41) is 8.87. The second kappa shape index (κ2) is 6.36. The minimum absolute atomic E-state index is 0.0365. The molecule has 2 heterocycles. The molecule has 0 saturated carbocycles. The summed E-state index contributed by atoms with van der Waals surface area (Å²) in [7, 11) is 0. The van der Waals surface area contributed by atoms with Crippen molar-refractivity contribution in [3.05, 3.63) is 29.8 Å². The Kier molecular flexibility index (Phi) is 4.29. The summed E-state index contributed by atoms with van der Waals surface area (Å²) in [5.74, 6) is -0.318. The van der Waals surface area contributed by atoms with Gasteiger partial charge in [-0.3, -0.25) is 9.59 Å². The molecule has 6 heteroatoms. The van der Waals surface area contributed by atoms with Crippen molar-refractivity contribution in [2.45, 2.75) is 24.9 Å². The van der Waals surface area contributed by atoms with E-state index >= 15 is 0 Å². The van der Waals surface area contributed by atoms with Crippen molar-refractivity contribution in [2.75, 3.05) is 26.3 Å². The van der Waals surface area contributed by atoms with E-state index in [2.05, 4.69) is 0 Å². The Morgan fingerprint density at radius 2 is 2.09 bits per heavy atom. The molecule has 0 spiro atoms. The molecule has 0 radical (unpaired) electrons. The summed E-state index contributed by atoms with van der Waals surface area (Å²) < 4.78 is 11.0. The van der Waals surface area contributed by atoms with Gasteiger partial charge in [-0.05, 0) is 12.5 Å². The van der Waals surface area contributed by atoms with Crippen LogP contribution in [0.2, 0.25) is 0 Å². The first-order valence-electron chi connectivity index (χ1n) is 7.49. The lowest BCUT2D eigenvalue weighted by atomic mass is 9.91. The van der Waals surface area contributed by atoms with Crippen molar-refractivity contribution in [1.29, 1.82) is 0 Å². The highest BCUT2D eigenvalue weighted by atomic mass is 16.5. The molecule has 118 valence electrons. The standard InChI is InChI=1S/C16H19NO5/c18-15(19)9-11-10-17(6-8-21-11)16(20)13-5-7-22-14-4-2-1-3-12(13)14/h1-4,11,13H,5-10H2,(H,18,19)/t11-,13+/m1/s1. The van der Waals surface area contributed by atoms with Gasteiger partial charge >= 0.3 is 5.97 Å². The van der Waals surface area contributed by atoms with Crippen LogP contribution in [0.5, 0.6) is 5.75 Å². The Balaban J connectivity index is 1.73. The fourth-order valence-corrected chi connectivity index (χ4v) is 3.06. The summed E-state index contributed by atoms with van der Waals surface area (Å²) >= 11 is 0. The maximum Gasteiger partial charge on any atom is 0.306 e. The third-order valence-electron chi connectivity index (χ3n) is 4.11. The quantitative estimate of drug-likeness (QED) is 0.909. The summed E-state index contributed by atoms with van der Waals surface area (Å²) in [6, 6.07) is 7.59. The van der Waals surface area contributed by atoms with E-state index in [9.17, 15) is 9.59 Å². The number of para-hydroxylation sites is 1. The minimum Gasteiger partial charge on any atom is -0.493 e. The molecule has 0 unspecified atom stereocenters. The number of nitrogens with zero attached hydrogens (tertiary/aromatic N) is 1. The first-order valence-corrected chi connectivity index (χ1v) is 7.49. The van der Waals surface area contributed by atoms with E-state index in [0.29, 0.717) is 32.7 Å². The fraction of sp³-hybridized carbons (Fsp3) is 0.500. The number of amides is 1. The third kappa shape index (κ3) is 3.06. The Labute approximate surface area is 128 Å². The van der Waals surface area contributed by atoms with Crippen LogP contribution in [0, 0.1) is 0 Å². The fourth-order valence-electron chi connectivity index (χ4n) is 3.06. The third-order valence-corrected chi connectivity index (χ3v) is 4.11. The van der Waals surface area contributed by atoms with Crippen LogP contribution < -0.4 is 4.74 Å². The topological polar surface area (TPSA) is 76.1 Å². The molecule has 2 aliphatic heterocycles. The Hall–Kier alpha value is -2.08. The molecule has 2 aliphatic rings. The molecular weight excluding hydrogens is 286 g/mol. The molecule has 1 fully saturated rings. The van der Waals surface area contributed by atoms with Gasteiger partial charge in [0, 0.05) is 18.7 Å². The number of aliphatic carboxylic acids is 1. The second-order valence-corrected chi connectivity index (χ2v) is 5.60. The number of carbonyl (C=O) groups is 2. The van der Waals surface area contributed by atoms with Gasteiger partial charge in [0.2, 0.25) is 5.91 Å². The van der Waals surface area contributed by atoms with Crippen LogP contribution in [0.25, 0.3) is 0 Å². The number of carbonyl (C=O) groups excluding carboxylic acids is 1. The number of rotatable bonds is 3. The number of hydrogen-bond acceptors (Lipinski definition) is 4. The van der Waals surface area contributed by atoms with Gasteiger partial charge in [-0.1, -0.05) is 18.2 Å². The van der Waals surface area contributed by atoms with Crippen molar-refractivity contribution in [3.8, 4) is 5.75 Å². The molecular formula is C16H19NO5. The summed E-state index contributed by atoms with van der Waals surface area (Å²) in [4.78, 5) is 25.4. The molecule has 1 saturated heterocycles. The average molecular weight is 305 g/mol. The van der Waals surface area contributed by atoms with Gasteiger partial charge in [-0.2, -0.15) is 0 Å². The van der Waals surface area contributed by atoms with Gasteiger partial charge in [0.15, 0.2) is 0 Å². The number of fused-ring (bicyclic) bond motifs is 1. The summed E-state index contributed by atoms with van der Waals surface area (Å²) in [6.45, 7) is 1.75. The number of benzene rings is 1. The predicted octanol–water partition coefficient (Wildman–Crippen LogP) is 1.25. The van der Waals surface area contributed by atoms with Crippen LogP contribution in [-0.2, 0) is 14.3 Å². The molecule has 0 bridgehead atoms. The lowest BCUT2D eigenvalue weighted by Gasteiger charge is -2.36. The maximum atomic E-state index is 12.8. The smallest absolute Gasteiger partial charge is 0.306 e. The normalized spacial score (nSPS) is 24.3. The van der Waals surface area contributed by atoms with Gasteiger partial charge in [-0.25, -0.2) is 0 Å². The van der Waals surface area contributed by atoms with Gasteiger partial charge in [0.25, 0.3) is 0 Å². The summed E-state index contributed by atoms with van der Waals surface area (Å²) in [5.41, 5.74) is 0.917. The van der Waals surface area contributed by atoms with Crippen LogP contribution in [0.4, 0.5) is 0 Å². The molecule has 3 rings (SSSR count). The van der Waals surface area contributed by atoms with Gasteiger partial charge in [-0.15, -0.1) is 0 Å². The van der Waals surface area contributed by atoms with E-state index in [4.69, 9.17) is 14.6 Å². The lowest BCUT2D eigenvalue weighted by molar-refractivity contribution is -0.148. The minimum atomic E-state index is -0.907. The maximum absolute atomic E-state index is 12.8. The number of carboxylic acid groups (broad SMARTS) is 1. The monoisotopic (exact) mass is 305 g/mol.